The molecule has 6 N–H and O–H groups in total. The van der Waals surface area contributed by atoms with Crippen LogP contribution in [-0.4, -0.2) is 31.2 Å². The van der Waals surface area contributed by atoms with Crippen LogP contribution in [0.4, 0.5) is 0 Å². The summed E-state index contributed by atoms with van der Waals surface area (Å²) < 4.78 is 4.37. The van der Waals surface area contributed by atoms with Gasteiger partial charge in [-0.2, -0.15) is 0 Å². The molecule has 0 aliphatic rings. The second-order valence-corrected chi connectivity index (χ2v) is 2.16. The highest BCUT2D eigenvalue weighted by Crippen LogP contribution is 1.85. The molecule has 0 aromatic carbocycles. The fourth-order valence-electron chi connectivity index (χ4n) is 0.525. The molecule has 0 radical (unpaired) electrons. The highest BCUT2D eigenvalue weighted by molar-refractivity contribution is 5.71. The van der Waals surface area contributed by atoms with Crippen LogP contribution in [-0.2, 0) is 9.53 Å². The highest BCUT2D eigenvalue weighted by Gasteiger charge is 2.02. The summed E-state index contributed by atoms with van der Waals surface area (Å²) in [7, 11) is 1.28. The summed E-state index contributed by atoms with van der Waals surface area (Å²) in [6.45, 7) is 0.159. The molecule has 0 aromatic heterocycles. The zero-order chi connectivity index (χ0) is 9.56. The quantitative estimate of drug-likeness (QED) is 0.261. The maximum Gasteiger partial charge on any atom is 0.326 e. The summed E-state index contributed by atoms with van der Waals surface area (Å²) in [4.78, 5) is 10.6. The first-order chi connectivity index (χ1) is 5.60. The Labute approximate surface area is 70.9 Å². The van der Waals surface area contributed by atoms with E-state index in [-0.39, 0.29) is 13.1 Å². The Morgan fingerprint density at radius 3 is 2.67 bits per heavy atom. The Hall–Kier alpha value is -1.27. The van der Waals surface area contributed by atoms with Crippen LogP contribution >= 0.6 is 0 Å². The third-order valence-corrected chi connectivity index (χ3v) is 1.11. The molecule has 0 atom stereocenters. The zero-order valence-electron chi connectivity index (χ0n) is 6.99. The van der Waals surface area contributed by atoms with Crippen molar-refractivity contribution in [3.8, 4) is 0 Å². The van der Waals surface area contributed by atoms with Gasteiger partial charge in [0.05, 0.1) is 7.11 Å². The van der Waals surface area contributed by atoms with Crippen LogP contribution in [0, 0.1) is 0 Å². The van der Waals surface area contributed by atoms with E-state index in [0.29, 0.717) is 5.70 Å². The fourth-order valence-corrected chi connectivity index (χ4v) is 0.525. The van der Waals surface area contributed by atoms with Gasteiger partial charge in [0.15, 0.2) is 0 Å². The van der Waals surface area contributed by atoms with Crippen molar-refractivity contribution in [1.82, 2.24) is 5.01 Å². The number of carbonyl (C=O) groups is 1. The van der Waals surface area contributed by atoms with Crippen molar-refractivity contribution in [2.45, 2.75) is 0 Å². The number of nitrogens with two attached hydrogens (primary N) is 3. The summed E-state index contributed by atoms with van der Waals surface area (Å²) in [5, 5.41) is 1.12. The van der Waals surface area contributed by atoms with Crippen molar-refractivity contribution in [3.05, 3.63) is 11.9 Å². The Morgan fingerprint density at radius 2 is 2.25 bits per heavy atom. The molecular formula is C6H14N4O2. The number of hydrogen-bond acceptors (Lipinski definition) is 6. The number of esters is 1. The van der Waals surface area contributed by atoms with Crippen LogP contribution in [0.25, 0.3) is 0 Å². The van der Waals surface area contributed by atoms with Gasteiger partial charge in [0.1, 0.15) is 6.54 Å². The minimum atomic E-state index is -0.432. The van der Waals surface area contributed by atoms with Gasteiger partial charge in [0, 0.05) is 18.4 Å². The lowest BCUT2D eigenvalue weighted by Gasteiger charge is -2.12. The first-order valence-electron chi connectivity index (χ1n) is 3.34. The van der Waals surface area contributed by atoms with Gasteiger partial charge in [0.2, 0.25) is 0 Å². The number of nitrogens with zero attached hydrogens (tertiary/aromatic N) is 1. The molecule has 0 bridgehead atoms. The lowest BCUT2D eigenvalue weighted by atomic mass is 10.5. The van der Waals surface area contributed by atoms with Gasteiger partial charge in [-0.25, -0.2) is 5.84 Å². The number of hydrogen-bond donors (Lipinski definition) is 3. The number of hydrazine groups is 1. The molecule has 0 saturated heterocycles. The van der Waals surface area contributed by atoms with Gasteiger partial charge < -0.3 is 21.2 Å². The van der Waals surface area contributed by atoms with Gasteiger partial charge >= 0.3 is 5.97 Å². The molecule has 0 aliphatic heterocycles. The molecule has 0 rings (SSSR count). The summed E-state index contributed by atoms with van der Waals surface area (Å²) in [6.07, 6.45) is 1.39. The molecule has 6 heteroatoms. The maximum atomic E-state index is 10.6. The highest BCUT2D eigenvalue weighted by atomic mass is 16.5. The summed E-state index contributed by atoms with van der Waals surface area (Å²) in [5.74, 6) is 4.92. The van der Waals surface area contributed by atoms with Gasteiger partial charge in [-0.3, -0.25) is 4.79 Å². The lowest BCUT2D eigenvalue weighted by Crippen LogP contribution is -2.33. The van der Waals surface area contributed by atoms with Crippen molar-refractivity contribution in [3.63, 3.8) is 0 Å². The first kappa shape index (κ1) is 10.7. The zero-order valence-corrected chi connectivity index (χ0v) is 6.99. The second kappa shape index (κ2) is 5.39. The molecule has 12 heavy (non-hydrogen) atoms. The normalized spacial score (nSPS) is 11.1. The average Bonchev–Trinajstić information content (AvgIpc) is 2.03. The molecule has 0 heterocycles. The smallest absolute Gasteiger partial charge is 0.326 e. The summed E-state index contributed by atoms with van der Waals surface area (Å²) in [5.41, 5.74) is 10.9. The number of methoxy groups -OCH3 is 1. The largest absolute Gasteiger partial charge is 0.468 e. The third-order valence-electron chi connectivity index (χ3n) is 1.11. The molecule has 0 fully saturated rings. The summed E-state index contributed by atoms with van der Waals surface area (Å²) in [6, 6.07) is 0. The number of carbonyl (C=O) groups excluding carboxylic acids is 1. The lowest BCUT2D eigenvalue weighted by molar-refractivity contribution is -0.141. The fraction of sp³-hybridized carbons (Fsp3) is 0.500. The number of rotatable bonds is 4. The Kier molecular flexibility index (Phi) is 4.82. The molecule has 0 unspecified atom stereocenters. The van der Waals surface area contributed by atoms with E-state index in [4.69, 9.17) is 17.3 Å². The standard InChI is InChI=1S/C6H14N4O2/c1-12-6(11)4-10(9)3-5(8)2-7/h3H,2,4,7-9H2,1H3/b5-3-. The van der Waals surface area contributed by atoms with Crippen molar-refractivity contribution in [1.29, 1.82) is 0 Å². The predicted octanol–water partition coefficient (Wildman–Crippen LogP) is -1.91. The van der Waals surface area contributed by atoms with E-state index in [1.807, 2.05) is 0 Å². The van der Waals surface area contributed by atoms with Crippen molar-refractivity contribution >= 4 is 5.97 Å². The Bertz CT molecular complexity index is 180. The second-order valence-electron chi connectivity index (χ2n) is 2.16. The molecule has 70 valence electrons. The van der Waals surface area contributed by atoms with Gasteiger partial charge in [-0.05, 0) is 0 Å². The van der Waals surface area contributed by atoms with Crippen LogP contribution in [0.3, 0.4) is 0 Å². The molecule has 0 aromatic rings. The van der Waals surface area contributed by atoms with Crippen molar-refractivity contribution < 1.29 is 9.53 Å². The van der Waals surface area contributed by atoms with Crippen molar-refractivity contribution in [2.75, 3.05) is 20.2 Å². The van der Waals surface area contributed by atoms with E-state index in [0.717, 1.165) is 5.01 Å². The van der Waals surface area contributed by atoms with E-state index in [1.165, 1.54) is 13.3 Å². The minimum absolute atomic E-state index is 0.0444. The average molecular weight is 174 g/mol. The maximum absolute atomic E-state index is 10.6. The molecule has 0 spiro atoms. The van der Waals surface area contributed by atoms with Gasteiger partial charge in [-0.1, -0.05) is 0 Å². The van der Waals surface area contributed by atoms with Crippen LogP contribution in [0.1, 0.15) is 0 Å². The van der Waals surface area contributed by atoms with Crippen LogP contribution in [0.15, 0.2) is 11.9 Å². The van der Waals surface area contributed by atoms with E-state index in [2.05, 4.69) is 4.74 Å². The van der Waals surface area contributed by atoms with E-state index >= 15 is 0 Å². The van der Waals surface area contributed by atoms with Crippen LogP contribution in [0.5, 0.6) is 0 Å². The monoisotopic (exact) mass is 174 g/mol. The Balaban J connectivity index is 3.88. The molecule has 0 saturated carbocycles. The third kappa shape index (κ3) is 4.53. The van der Waals surface area contributed by atoms with Gasteiger partial charge in [0.25, 0.3) is 0 Å². The molecule has 0 amide bonds. The SMILES string of the molecule is COC(=O)CN(N)/C=C(\N)CN. The first-order valence-corrected chi connectivity index (χ1v) is 3.34. The topological polar surface area (TPSA) is 108 Å². The molecular weight excluding hydrogens is 160 g/mol. The van der Waals surface area contributed by atoms with Crippen LogP contribution in [0.2, 0.25) is 0 Å². The van der Waals surface area contributed by atoms with Crippen molar-refractivity contribution in [2.24, 2.45) is 17.3 Å². The molecule has 0 aliphatic carbocycles. The predicted molar refractivity (Wildman–Crippen MR) is 44.2 cm³/mol. The number of ether oxygens (including phenoxy) is 1. The Morgan fingerprint density at radius 1 is 1.67 bits per heavy atom. The summed E-state index contributed by atoms with van der Waals surface area (Å²) >= 11 is 0. The van der Waals surface area contributed by atoms with Gasteiger partial charge in [-0.15, -0.1) is 0 Å². The van der Waals surface area contributed by atoms with Crippen LogP contribution < -0.4 is 17.3 Å². The molecule has 6 nitrogen and oxygen atoms in total. The van der Waals surface area contributed by atoms with E-state index < -0.39 is 5.97 Å². The van der Waals surface area contributed by atoms with E-state index in [9.17, 15) is 4.79 Å². The minimum Gasteiger partial charge on any atom is -0.468 e. The van der Waals surface area contributed by atoms with E-state index in [1.54, 1.807) is 0 Å².